The molecule has 2 aromatic heterocycles. The number of nitrogens with one attached hydrogen (secondary N) is 1. The van der Waals surface area contributed by atoms with Crippen molar-refractivity contribution in [1.29, 1.82) is 0 Å². The minimum atomic E-state index is -0.348. The molecule has 0 saturated carbocycles. The Morgan fingerprint density at radius 1 is 1.00 bits per heavy atom. The fraction of sp³-hybridized carbons (Fsp3) is 0.0500. The highest BCUT2D eigenvalue weighted by atomic mass is 35.5. The number of anilines is 1. The fourth-order valence-electron chi connectivity index (χ4n) is 2.76. The summed E-state index contributed by atoms with van der Waals surface area (Å²) in [6, 6.07) is 18.4. The maximum absolute atomic E-state index is 12.6. The van der Waals surface area contributed by atoms with Gasteiger partial charge in [0.25, 0.3) is 5.91 Å². The zero-order chi connectivity index (χ0) is 19.0. The highest BCUT2D eigenvalue weighted by Gasteiger charge is 2.15. The van der Waals surface area contributed by atoms with Crippen LogP contribution in [0, 0.1) is 6.92 Å². The molecular weight excluding hydrogens is 383 g/mol. The van der Waals surface area contributed by atoms with Crippen molar-refractivity contribution in [3.63, 3.8) is 0 Å². The summed E-state index contributed by atoms with van der Waals surface area (Å²) < 4.78 is 1.65. The standard InChI is InChI=1S/C20H14Cl2N4O/c1-12-9-17(13-5-3-2-4-6-13)24-19-11-18(25-26(12)19)20(27)23-14-7-8-15(21)16(22)10-14/h2-11H,1H3,(H,23,27). The smallest absolute Gasteiger partial charge is 0.276 e. The fourth-order valence-corrected chi connectivity index (χ4v) is 3.06. The Bertz CT molecular complexity index is 1160. The van der Waals surface area contributed by atoms with Gasteiger partial charge in [0.05, 0.1) is 15.7 Å². The lowest BCUT2D eigenvalue weighted by Gasteiger charge is -2.04. The predicted octanol–water partition coefficient (Wildman–Crippen LogP) is 5.26. The van der Waals surface area contributed by atoms with E-state index in [9.17, 15) is 4.79 Å². The maximum atomic E-state index is 12.6. The van der Waals surface area contributed by atoms with Crippen molar-refractivity contribution in [3.8, 4) is 11.3 Å². The molecule has 0 radical (unpaired) electrons. The summed E-state index contributed by atoms with van der Waals surface area (Å²) in [5.41, 5.74) is 4.13. The van der Waals surface area contributed by atoms with E-state index >= 15 is 0 Å². The summed E-state index contributed by atoms with van der Waals surface area (Å²) in [6.07, 6.45) is 0. The number of hydrogen-bond acceptors (Lipinski definition) is 3. The summed E-state index contributed by atoms with van der Waals surface area (Å²) >= 11 is 11.9. The number of halogens is 2. The lowest BCUT2D eigenvalue weighted by molar-refractivity contribution is 0.102. The molecule has 7 heteroatoms. The number of carbonyl (C=O) groups excluding carboxylic acids is 1. The topological polar surface area (TPSA) is 59.3 Å². The first kappa shape index (κ1) is 17.5. The van der Waals surface area contributed by atoms with Crippen molar-refractivity contribution in [2.75, 3.05) is 5.32 Å². The van der Waals surface area contributed by atoms with Crippen LogP contribution in [0.25, 0.3) is 16.9 Å². The minimum Gasteiger partial charge on any atom is -0.321 e. The van der Waals surface area contributed by atoms with Crippen molar-refractivity contribution in [3.05, 3.63) is 82.1 Å². The number of hydrogen-bond donors (Lipinski definition) is 1. The number of aromatic nitrogens is 3. The molecule has 1 N–H and O–H groups in total. The monoisotopic (exact) mass is 396 g/mol. The third kappa shape index (κ3) is 3.52. The van der Waals surface area contributed by atoms with E-state index in [0.29, 0.717) is 21.4 Å². The first-order valence-corrected chi connectivity index (χ1v) is 8.96. The van der Waals surface area contributed by atoms with E-state index in [2.05, 4.69) is 15.4 Å². The number of fused-ring (bicyclic) bond motifs is 1. The van der Waals surface area contributed by atoms with Gasteiger partial charge in [-0.1, -0.05) is 53.5 Å². The number of aryl methyl sites for hydroxylation is 1. The van der Waals surface area contributed by atoms with Gasteiger partial charge in [-0.15, -0.1) is 0 Å². The van der Waals surface area contributed by atoms with Gasteiger partial charge >= 0.3 is 0 Å². The van der Waals surface area contributed by atoms with Gasteiger partial charge in [0.1, 0.15) is 0 Å². The molecule has 0 bridgehead atoms. The molecule has 0 saturated heterocycles. The molecule has 0 fully saturated rings. The van der Waals surface area contributed by atoms with Gasteiger partial charge < -0.3 is 5.32 Å². The maximum Gasteiger partial charge on any atom is 0.276 e. The number of benzene rings is 2. The minimum absolute atomic E-state index is 0.266. The van der Waals surface area contributed by atoms with E-state index < -0.39 is 0 Å². The molecular formula is C20H14Cl2N4O. The van der Waals surface area contributed by atoms with Gasteiger partial charge in [-0.05, 0) is 31.2 Å². The lowest BCUT2D eigenvalue weighted by Crippen LogP contribution is -2.12. The van der Waals surface area contributed by atoms with Crippen LogP contribution < -0.4 is 5.32 Å². The van der Waals surface area contributed by atoms with Gasteiger partial charge in [-0.2, -0.15) is 5.10 Å². The Kier molecular flexibility index (Phi) is 4.56. The van der Waals surface area contributed by atoms with Gasteiger partial charge in [-0.3, -0.25) is 4.79 Å². The van der Waals surface area contributed by atoms with Crippen LogP contribution in [-0.4, -0.2) is 20.5 Å². The van der Waals surface area contributed by atoms with E-state index in [0.717, 1.165) is 17.0 Å². The van der Waals surface area contributed by atoms with Crippen LogP contribution in [0.3, 0.4) is 0 Å². The average Bonchev–Trinajstić information content (AvgIpc) is 3.10. The molecule has 0 spiro atoms. The van der Waals surface area contributed by atoms with Crippen LogP contribution in [-0.2, 0) is 0 Å². The summed E-state index contributed by atoms with van der Waals surface area (Å²) in [4.78, 5) is 17.2. The Balaban J connectivity index is 1.67. The highest BCUT2D eigenvalue weighted by molar-refractivity contribution is 6.42. The molecule has 5 nitrogen and oxygen atoms in total. The molecule has 1 amide bonds. The van der Waals surface area contributed by atoms with Gasteiger partial charge in [0, 0.05) is 23.0 Å². The summed E-state index contributed by atoms with van der Waals surface area (Å²) in [6.45, 7) is 1.93. The second-order valence-electron chi connectivity index (χ2n) is 6.03. The molecule has 4 rings (SSSR count). The quantitative estimate of drug-likeness (QED) is 0.513. The van der Waals surface area contributed by atoms with Gasteiger partial charge in [-0.25, -0.2) is 9.50 Å². The zero-order valence-electron chi connectivity index (χ0n) is 14.3. The molecule has 4 aromatic rings. The number of rotatable bonds is 3. The molecule has 27 heavy (non-hydrogen) atoms. The summed E-state index contributed by atoms with van der Waals surface area (Å²) in [7, 11) is 0. The SMILES string of the molecule is Cc1cc(-c2ccccc2)nc2cc(C(=O)Nc3ccc(Cl)c(Cl)c3)nn12. The zero-order valence-corrected chi connectivity index (χ0v) is 15.8. The van der Waals surface area contributed by atoms with E-state index in [-0.39, 0.29) is 11.6 Å². The number of carbonyl (C=O) groups is 1. The Morgan fingerprint density at radius 2 is 1.78 bits per heavy atom. The molecule has 0 unspecified atom stereocenters. The first-order valence-electron chi connectivity index (χ1n) is 8.20. The highest BCUT2D eigenvalue weighted by Crippen LogP contribution is 2.25. The molecule has 2 heterocycles. The van der Waals surface area contributed by atoms with Gasteiger partial charge in [0.15, 0.2) is 11.3 Å². The van der Waals surface area contributed by atoms with E-state index in [1.165, 1.54) is 0 Å². The van der Waals surface area contributed by atoms with Crippen LogP contribution in [0.15, 0.2) is 60.7 Å². The summed E-state index contributed by atoms with van der Waals surface area (Å²) in [5.74, 6) is -0.348. The Labute approximate surface area is 165 Å². The largest absolute Gasteiger partial charge is 0.321 e. The molecule has 134 valence electrons. The van der Waals surface area contributed by atoms with Crippen molar-refractivity contribution in [2.45, 2.75) is 6.92 Å². The number of amides is 1. The Morgan fingerprint density at radius 3 is 2.52 bits per heavy atom. The van der Waals surface area contributed by atoms with Crippen LogP contribution in [0.1, 0.15) is 16.2 Å². The second-order valence-corrected chi connectivity index (χ2v) is 6.85. The van der Waals surface area contributed by atoms with Gasteiger partial charge in [0.2, 0.25) is 0 Å². The van der Waals surface area contributed by atoms with Crippen LogP contribution in [0.2, 0.25) is 10.0 Å². The van der Waals surface area contributed by atoms with Crippen molar-refractivity contribution in [1.82, 2.24) is 14.6 Å². The third-order valence-electron chi connectivity index (χ3n) is 4.08. The molecule has 2 aromatic carbocycles. The lowest BCUT2D eigenvalue weighted by atomic mass is 10.1. The Hall–Kier alpha value is -2.89. The van der Waals surface area contributed by atoms with Crippen molar-refractivity contribution < 1.29 is 4.79 Å². The van der Waals surface area contributed by atoms with E-state index in [1.54, 1.807) is 28.8 Å². The van der Waals surface area contributed by atoms with E-state index in [1.807, 2.05) is 43.3 Å². The molecule has 0 aliphatic rings. The first-order chi connectivity index (χ1) is 13.0. The van der Waals surface area contributed by atoms with Crippen molar-refractivity contribution in [2.24, 2.45) is 0 Å². The molecule has 0 atom stereocenters. The predicted molar refractivity (Wildman–Crippen MR) is 108 cm³/mol. The summed E-state index contributed by atoms with van der Waals surface area (Å²) in [5, 5.41) is 7.93. The van der Waals surface area contributed by atoms with Crippen LogP contribution in [0.5, 0.6) is 0 Å². The number of nitrogens with zero attached hydrogens (tertiary/aromatic N) is 3. The van der Waals surface area contributed by atoms with Crippen molar-refractivity contribution >= 4 is 40.4 Å². The van der Waals surface area contributed by atoms with Crippen LogP contribution >= 0.6 is 23.2 Å². The average molecular weight is 397 g/mol. The molecule has 0 aliphatic heterocycles. The normalized spacial score (nSPS) is 10.9. The van der Waals surface area contributed by atoms with Crippen LogP contribution in [0.4, 0.5) is 5.69 Å². The third-order valence-corrected chi connectivity index (χ3v) is 4.82. The van der Waals surface area contributed by atoms with E-state index in [4.69, 9.17) is 23.2 Å². The second kappa shape index (κ2) is 7.02. The molecule has 0 aliphatic carbocycles.